The minimum absolute atomic E-state index is 0.000862. The number of nitro groups is 1. The summed E-state index contributed by atoms with van der Waals surface area (Å²) in [5.74, 6) is -0.638. The quantitative estimate of drug-likeness (QED) is 0.147. The molecule has 0 fully saturated rings. The second kappa shape index (κ2) is 10.8. The summed E-state index contributed by atoms with van der Waals surface area (Å²) >= 11 is 14.0. The molecule has 1 atom stereocenters. The fourth-order valence-electron chi connectivity index (χ4n) is 4.09. The van der Waals surface area contributed by atoms with Gasteiger partial charge in [0.1, 0.15) is 6.33 Å². The van der Waals surface area contributed by atoms with Gasteiger partial charge in [-0.3, -0.25) is 10.1 Å². The number of fused-ring (bicyclic) bond motifs is 1. The SMILES string of the molecule is Cc1ccc2nc(Nc3ncnc(Nc4cc(Cl)c(C(C#N)c5ccc(Cl)cc5)cc4C)c3[N+](=O)[O-])sc2c1. The minimum Gasteiger partial charge on any atom is -0.334 e. The lowest BCUT2D eigenvalue weighted by Gasteiger charge is -2.16. The third kappa shape index (κ3) is 5.47. The van der Waals surface area contributed by atoms with Crippen LogP contribution in [0.3, 0.4) is 0 Å². The number of aromatic nitrogens is 3. The molecule has 194 valence electrons. The number of nitriles is 1. The minimum atomic E-state index is -0.621. The van der Waals surface area contributed by atoms with Crippen molar-refractivity contribution in [2.45, 2.75) is 19.8 Å². The number of rotatable bonds is 7. The van der Waals surface area contributed by atoms with Gasteiger partial charge in [0, 0.05) is 15.7 Å². The summed E-state index contributed by atoms with van der Waals surface area (Å²) in [6.45, 7) is 3.80. The largest absolute Gasteiger partial charge is 0.353 e. The molecule has 12 heteroatoms. The van der Waals surface area contributed by atoms with E-state index in [0.29, 0.717) is 32.0 Å². The van der Waals surface area contributed by atoms with Crippen LogP contribution in [0.25, 0.3) is 10.2 Å². The number of nitrogens with zero attached hydrogens (tertiary/aromatic N) is 5. The van der Waals surface area contributed by atoms with E-state index in [9.17, 15) is 15.4 Å². The Bertz CT molecular complexity index is 1770. The molecule has 2 aromatic heterocycles. The summed E-state index contributed by atoms with van der Waals surface area (Å²) in [7, 11) is 0. The third-order valence-corrected chi connectivity index (χ3v) is 7.53. The van der Waals surface area contributed by atoms with Crippen molar-refractivity contribution in [2.24, 2.45) is 0 Å². The Hall–Kier alpha value is -4.30. The van der Waals surface area contributed by atoms with E-state index in [1.54, 1.807) is 36.4 Å². The maximum Gasteiger partial charge on any atom is 0.353 e. The van der Waals surface area contributed by atoms with Gasteiger partial charge in [0.15, 0.2) is 5.13 Å². The van der Waals surface area contributed by atoms with Gasteiger partial charge in [0.2, 0.25) is 11.6 Å². The van der Waals surface area contributed by atoms with Crippen molar-refractivity contribution < 1.29 is 4.92 Å². The lowest BCUT2D eigenvalue weighted by atomic mass is 9.91. The standard InChI is InChI=1S/C27H19Cl2N7O2S/c1-14-3-8-21-23(9-14)39-27(34-21)35-26-24(36(37)38)25(31-13-32-26)33-22-11-20(29)18(10-15(22)2)19(12-30)16-4-6-17(28)7-5-16/h3-11,13,19H,1-2H3,(H2,31,32,33,34,35). The van der Waals surface area contributed by atoms with Crippen molar-refractivity contribution in [2.75, 3.05) is 10.6 Å². The molecule has 1 unspecified atom stereocenters. The van der Waals surface area contributed by atoms with Crippen LogP contribution in [0.2, 0.25) is 10.0 Å². The zero-order valence-corrected chi connectivity index (χ0v) is 22.9. The van der Waals surface area contributed by atoms with Crippen LogP contribution in [0.4, 0.5) is 28.1 Å². The van der Waals surface area contributed by atoms with E-state index in [1.165, 1.54) is 17.7 Å². The Morgan fingerprint density at radius 3 is 2.44 bits per heavy atom. The second-order valence-electron chi connectivity index (χ2n) is 8.72. The average Bonchev–Trinajstić information content (AvgIpc) is 3.29. The Morgan fingerprint density at radius 2 is 1.74 bits per heavy atom. The van der Waals surface area contributed by atoms with Gasteiger partial charge in [-0.1, -0.05) is 58.8 Å². The van der Waals surface area contributed by atoms with E-state index in [-0.39, 0.29) is 17.3 Å². The van der Waals surface area contributed by atoms with Crippen LogP contribution in [0.1, 0.15) is 28.2 Å². The van der Waals surface area contributed by atoms with Gasteiger partial charge in [0.05, 0.1) is 27.1 Å². The molecule has 0 spiro atoms. The molecule has 0 radical (unpaired) electrons. The van der Waals surface area contributed by atoms with Crippen molar-refractivity contribution in [3.8, 4) is 6.07 Å². The maximum absolute atomic E-state index is 12.1. The number of benzene rings is 3. The molecule has 0 amide bonds. The average molecular weight is 576 g/mol. The van der Waals surface area contributed by atoms with Crippen LogP contribution in [0.5, 0.6) is 0 Å². The van der Waals surface area contributed by atoms with Crippen molar-refractivity contribution in [1.29, 1.82) is 5.26 Å². The second-order valence-corrected chi connectivity index (χ2v) is 10.6. The molecule has 5 aromatic rings. The molecule has 0 aliphatic heterocycles. The molecule has 9 nitrogen and oxygen atoms in total. The third-order valence-electron chi connectivity index (χ3n) is 6.01. The van der Waals surface area contributed by atoms with E-state index in [1.807, 2.05) is 32.0 Å². The van der Waals surface area contributed by atoms with Gasteiger partial charge in [-0.05, 0) is 66.4 Å². The molecule has 0 aliphatic carbocycles. The first-order valence-corrected chi connectivity index (χ1v) is 13.2. The highest BCUT2D eigenvalue weighted by atomic mass is 35.5. The topological polar surface area (TPSA) is 130 Å². The Labute approximate surface area is 237 Å². The van der Waals surface area contributed by atoms with Crippen molar-refractivity contribution >= 4 is 72.9 Å². The first kappa shape index (κ1) is 26.3. The highest BCUT2D eigenvalue weighted by Crippen LogP contribution is 2.38. The lowest BCUT2D eigenvalue weighted by molar-refractivity contribution is -0.383. The summed E-state index contributed by atoms with van der Waals surface area (Å²) in [5.41, 5.74) is 4.09. The van der Waals surface area contributed by atoms with E-state index < -0.39 is 10.8 Å². The van der Waals surface area contributed by atoms with E-state index in [2.05, 4.69) is 31.7 Å². The highest BCUT2D eigenvalue weighted by Gasteiger charge is 2.25. The molecular formula is C27H19Cl2N7O2S. The first-order valence-electron chi connectivity index (χ1n) is 11.6. The Balaban J connectivity index is 1.47. The number of halogens is 2. The van der Waals surface area contributed by atoms with Crippen LogP contribution in [0, 0.1) is 35.3 Å². The molecule has 5 rings (SSSR count). The van der Waals surface area contributed by atoms with Gasteiger partial charge in [0.25, 0.3) is 0 Å². The summed E-state index contributed by atoms with van der Waals surface area (Å²) < 4.78 is 0.951. The molecule has 3 aromatic carbocycles. The van der Waals surface area contributed by atoms with Crippen LogP contribution in [0.15, 0.2) is 60.9 Å². The van der Waals surface area contributed by atoms with Crippen molar-refractivity contribution in [1.82, 2.24) is 15.0 Å². The molecule has 0 saturated carbocycles. The number of thiazole rings is 1. The monoisotopic (exact) mass is 575 g/mol. The lowest BCUT2D eigenvalue weighted by Crippen LogP contribution is -2.07. The fourth-order valence-corrected chi connectivity index (χ4v) is 5.45. The normalized spacial score (nSPS) is 11.7. The molecule has 39 heavy (non-hydrogen) atoms. The number of hydrogen-bond donors (Lipinski definition) is 2. The summed E-state index contributed by atoms with van der Waals surface area (Å²) in [4.78, 5) is 24.3. The van der Waals surface area contributed by atoms with Crippen LogP contribution in [-0.4, -0.2) is 19.9 Å². The Morgan fingerprint density at radius 1 is 1.03 bits per heavy atom. The van der Waals surface area contributed by atoms with E-state index in [4.69, 9.17) is 23.2 Å². The molecule has 0 bridgehead atoms. The number of nitrogens with one attached hydrogen (secondary N) is 2. The summed E-state index contributed by atoms with van der Waals surface area (Å²) in [6, 6.07) is 18.5. The molecule has 0 saturated heterocycles. The molecule has 0 aliphatic rings. The van der Waals surface area contributed by atoms with Gasteiger partial charge in [-0.2, -0.15) is 5.26 Å². The van der Waals surface area contributed by atoms with Crippen LogP contribution >= 0.6 is 34.5 Å². The van der Waals surface area contributed by atoms with E-state index >= 15 is 0 Å². The fraction of sp³-hybridized carbons (Fsp3) is 0.111. The summed E-state index contributed by atoms with van der Waals surface area (Å²) in [6.07, 6.45) is 1.23. The van der Waals surface area contributed by atoms with Crippen molar-refractivity contribution in [3.63, 3.8) is 0 Å². The van der Waals surface area contributed by atoms with E-state index in [0.717, 1.165) is 21.3 Å². The maximum atomic E-state index is 12.1. The highest BCUT2D eigenvalue weighted by molar-refractivity contribution is 7.22. The summed E-state index contributed by atoms with van der Waals surface area (Å²) in [5, 5.41) is 29.3. The van der Waals surface area contributed by atoms with Gasteiger partial charge in [-0.25, -0.2) is 15.0 Å². The van der Waals surface area contributed by atoms with Gasteiger partial charge >= 0.3 is 5.69 Å². The zero-order valence-electron chi connectivity index (χ0n) is 20.6. The zero-order chi connectivity index (χ0) is 27.7. The number of anilines is 4. The number of aryl methyl sites for hydroxylation is 2. The van der Waals surface area contributed by atoms with Crippen LogP contribution < -0.4 is 10.6 Å². The molecule has 2 heterocycles. The smallest absolute Gasteiger partial charge is 0.334 e. The number of hydrogen-bond acceptors (Lipinski definition) is 9. The Kier molecular flexibility index (Phi) is 7.30. The van der Waals surface area contributed by atoms with Crippen LogP contribution in [-0.2, 0) is 0 Å². The first-order chi connectivity index (χ1) is 18.7. The van der Waals surface area contributed by atoms with Gasteiger partial charge < -0.3 is 10.6 Å². The van der Waals surface area contributed by atoms with Crippen molar-refractivity contribution in [3.05, 3.63) is 103 Å². The molecular weight excluding hydrogens is 557 g/mol. The predicted molar refractivity (Wildman–Crippen MR) is 155 cm³/mol. The molecule has 2 N–H and O–H groups in total. The van der Waals surface area contributed by atoms with Gasteiger partial charge in [-0.15, -0.1) is 0 Å². The predicted octanol–water partition coefficient (Wildman–Crippen LogP) is 8.06.